The number of carbonyl (C=O) groups is 1. The van der Waals surface area contributed by atoms with Crippen LogP contribution in [0.15, 0.2) is 55.4 Å². The van der Waals surface area contributed by atoms with Crippen LogP contribution < -0.4 is 10.1 Å². The number of amides is 1. The number of ether oxygens (including phenoxy) is 1. The Morgan fingerprint density at radius 2 is 2.17 bits per heavy atom. The average molecular weight is 309 g/mol. The van der Waals surface area contributed by atoms with E-state index >= 15 is 0 Å². The standard InChI is InChI=1S/C16H15N5O2/c1-23-15-3-2-12(9-19-15)10-20-16(22)13-4-5-18-14(8-13)21-7-6-17-11-21/h2-9,11H,10H2,1H3,(H,20,22). The summed E-state index contributed by atoms with van der Waals surface area (Å²) in [5.74, 6) is 1.00. The Bertz CT molecular complexity index is 784. The molecule has 7 nitrogen and oxygen atoms in total. The fraction of sp³-hybridized carbons (Fsp3) is 0.125. The highest BCUT2D eigenvalue weighted by atomic mass is 16.5. The maximum absolute atomic E-state index is 12.3. The van der Waals surface area contributed by atoms with E-state index in [1.54, 1.807) is 61.0 Å². The SMILES string of the molecule is COc1ccc(CNC(=O)c2ccnc(-n3ccnc3)c2)cn1. The molecule has 0 radical (unpaired) electrons. The monoisotopic (exact) mass is 309 g/mol. The van der Waals surface area contributed by atoms with Gasteiger partial charge in [-0.25, -0.2) is 15.0 Å². The molecule has 3 heterocycles. The van der Waals surface area contributed by atoms with Gasteiger partial charge in [0, 0.05) is 43.0 Å². The minimum absolute atomic E-state index is 0.176. The van der Waals surface area contributed by atoms with Crippen molar-refractivity contribution in [2.24, 2.45) is 0 Å². The first-order chi connectivity index (χ1) is 11.3. The number of pyridine rings is 2. The summed E-state index contributed by atoms with van der Waals surface area (Å²) < 4.78 is 6.74. The lowest BCUT2D eigenvalue weighted by Crippen LogP contribution is -2.23. The molecule has 116 valence electrons. The third kappa shape index (κ3) is 3.52. The van der Waals surface area contributed by atoms with E-state index in [0.29, 0.717) is 23.8 Å². The highest BCUT2D eigenvalue weighted by Crippen LogP contribution is 2.09. The molecule has 0 saturated heterocycles. The van der Waals surface area contributed by atoms with Crippen LogP contribution in [0.25, 0.3) is 5.82 Å². The van der Waals surface area contributed by atoms with Gasteiger partial charge in [-0.3, -0.25) is 9.36 Å². The van der Waals surface area contributed by atoms with Gasteiger partial charge in [0.25, 0.3) is 5.91 Å². The lowest BCUT2D eigenvalue weighted by atomic mass is 10.2. The van der Waals surface area contributed by atoms with Gasteiger partial charge in [-0.05, 0) is 17.7 Å². The third-order valence-electron chi connectivity index (χ3n) is 3.24. The Labute approximate surface area is 133 Å². The van der Waals surface area contributed by atoms with Gasteiger partial charge in [-0.15, -0.1) is 0 Å². The predicted molar refractivity (Wildman–Crippen MR) is 83.3 cm³/mol. The van der Waals surface area contributed by atoms with E-state index in [1.165, 1.54) is 0 Å². The molecule has 0 aromatic carbocycles. The first-order valence-corrected chi connectivity index (χ1v) is 6.98. The number of aromatic nitrogens is 4. The Balaban J connectivity index is 1.67. The minimum Gasteiger partial charge on any atom is -0.481 e. The molecular formula is C16H15N5O2. The van der Waals surface area contributed by atoms with E-state index in [9.17, 15) is 4.79 Å². The normalized spacial score (nSPS) is 10.3. The number of methoxy groups -OCH3 is 1. The van der Waals surface area contributed by atoms with Gasteiger partial charge in [-0.1, -0.05) is 6.07 Å². The van der Waals surface area contributed by atoms with Crippen molar-refractivity contribution < 1.29 is 9.53 Å². The van der Waals surface area contributed by atoms with E-state index in [0.717, 1.165) is 5.56 Å². The Morgan fingerprint density at radius 3 is 2.87 bits per heavy atom. The number of carbonyl (C=O) groups excluding carboxylic acids is 1. The summed E-state index contributed by atoms with van der Waals surface area (Å²) in [6.45, 7) is 0.387. The molecule has 0 spiro atoms. The van der Waals surface area contributed by atoms with Gasteiger partial charge >= 0.3 is 0 Å². The van der Waals surface area contributed by atoms with E-state index in [1.807, 2.05) is 6.07 Å². The molecule has 0 aliphatic rings. The molecule has 0 aliphatic heterocycles. The fourth-order valence-electron chi connectivity index (χ4n) is 2.02. The second kappa shape index (κ2) is 6.69. The van der Waals surface area contributed by atoms with Crippen LogP contribution >= 0.6 is 0 Å². The van der Waals surface area contributed by atoms with Crippen molar-refractivity contribution in [3.8, 4) is 11.7 Å². The van der Waals surface area contributed by atoms with Crippen molar-refractivity contribution in [2.75, 3.05) is 7.11 Å². The fourth-order valence-corrected chi connectivity index (χ4v) is 2.02. The molecule has 0 aliphatic carbocycles. The molecule has 1 N–H and O–H groups in total. The zero-order valence-corrected chi connectivity index (χ0v) is 12.5. The molecule has 0 fully saturated rings. The van der Waals surface area contributed by atoms with Gasteiger partial charge < -0.3 is 10.1 Å². The molecule has 3 aromatic rings. The highest BCUT2D eigenvalue weighted by molar-refractivity contribution is 5.94. The van der Waals surface area contributed by atoms with Crippen molar-refractivity contribution in [1.82, 2.24) is 24.8 Å². The quantitative estimate of drug-likeness (QED) is 0.774. The second-order valence-corrected chi connectivity index (χ2v) is 4.76. The molecule has 7 heteroatoms. The smallest absolute Gasteiger partial charge is 0.251 e. The Morgan fingerprint density at radius 1 is 1.26 bits per heavy atom. The Kier molecular flexibility index (Phi) is 4.28. The molecule has 1 amide bonds. The number of imidazole rings is 1. The maximum Gasteiger partial charge on any atom is 0.251 e. The third-order valence-corrected chi connectivity index (χ3v) is 3.24. The zero-order valence-electron chi connectivity index (χ0n) is 12.5. The second-order valence-electron chi connectivity index (χ2n) is 4.76. The topological polar surface area (TPSA) is 81.9 Å². The number of hydrogen-bond donors (Lipinski definition) is 1. The van der Waals surface area contributed by atoms with Crippen LogP contribution in [0, 0.1) is 0 Å². The minimum atomic E-state index is -0.176. The lowest BCUT2D eigenvalue weighted by molar-refractivity contribution is 0.0950. The summed E-state index contributed by atoms with van der Waals surface area (Å²) in [4.78, 5) is 24.5. The molecule has 3 rings (SSSR count). The van der Waals surface area contributed by atoms with Crippen LogP contribution in [0.3, 0.4) is 0 Å². The van der Waals surface area contributed by atoms with Crippen molar-refractivity contribution >= 4 is 5.91 Å². The van der Waals surface area contributed by atoms with Crippen molar-refractivity contribution in [3.63, 3.8) is 0 Å². The molecule has 3 aromatic heterocycles. The molecule has 0 bridgehead atoms. The van der Waals surface area contributed by atoms with Crippen LogP contribution in [-0.2, 0) is 6.54 Å². The van der Waals surface area contributed by atoms with Crippen molar-refractivity contribution in [3.05, 3.63) is 66.5 Å². The van der Waals surface area contributed by atoms with Gasteiger partial charge in [-0.2, -0.15) is 0 Å². The number of nitrogens with zero attached hydrogens (tertiary/aromatic N) is 4. The molecule has 0 unspecified atom stereocenters. The number of hydrogen-bond acceptors (Lipinski definition) is 5. The van der Waals surface area contributed by atoms with Gasteiger partial charge in [0.2, 0.25) is 5.88 Å². The van der Waals surface area contributed by atoms with E-state index in [2.05, 4.69) is 20.3 Å². The number of nitrogens with one attached hydrogen (secondary N) is 1. The summed E-state index contributed by atoms with van der Waals surface area (Å²) in [6.07, 6.45) is 8.33. The number of rotatable bonds is 5. The zero-order chi connectivity index (χ0) is 16.1. The molecule has 0 saturated carbocycles. The average Bonchev–Trinajstić information content (AvgIpc) is 3.15. The van der Waals surface area contributed by atoms with E-state index in [-0.39, 0.29) is 5.91 Å². The summed E-state index contributed by atoms with van der Waals surface area (Å²) in [7, 11) is 1.56. The van der Waals surface area contributed by atoms with E-state index < -0.39 is 0 Å². The highest BCUT2D eigenvalue weighted by Gasteiger charge is 2.08. The Hall–Kier alpha value is -3.22. The summed E-state index contributed by atoms with van der Waals surface area (Å²) in [5.41, 5.74) is 1.42. The largest absolute Gasteiger partial charge is 0.481 e. The summed E-state index contributed by atoms with van der Waals surface area (Å²) in [6, 6.07) is 6.99. The summed E-state index contributed by atoms with van der Waals surface area (Å²) in [5, 5.41) is 2.85. The molecule has 23 heavy (non-hydrogen) atoms. The first-order valence-electron chi connectivity index (χ1n) is 6.98. The molecule has 0 atom stereocenters. The van der Waals surface area contributed by atoms with Crippen LogP contribution in [0.1, 0.15) is 15.9 Å². The maximum atomic E-state index is 12.3. The van der Waals surface area contributed by atoms with Crippen molar-refractivity contribution in [1.29, 1.82) is 0 Å². The van der Waals surface area contributed by atoms with Gasteiger partial charge in [0.05, 0.1) is 7.11 Å². The summed E-state index contributed by atoms with van der Waals surface area (Å²) >= 11 is 0. The van der Waals surface area contributed by atoms with Gasteiger partial charge in [0.1, 0.15) is 12.1 Å². The van der Waals surface area contributed by atoms with Crippen LogP contribution in [0.4, 0.5) is 0 Å². The van der Waals surface area contributed by atoms with Crippen LogP contribution in [-0.4, -0.2) is 32.5 Å². The van der Waals surface area contributed by atoms with E-state index in [4.69, 9.17) is 4.74 Å². The van der Waals surface area contributed by atoms with Crippen LogP contribution in [0.2, 0.25) is 0 Å². The molecular weight excluding hydrogens is 294 g/mol. The first kappa shape index (κ1) is 14.7. The van der Waals surface area contributed by atoms with Crippen molar-refractivity contribution in [2.45, 2.75) is 6.54 Å². The lowest BCUT2D eigenvalue weighted by Gasteiger charge is -2.07. The van der Waals surface area contributed by atoms with Crippen LogP contribution in [0.5, 0.6) is 5.88 Å². The van der Waals surface area contributed by atoms with Gasteiger partial charge in [0.15, 0.2) is 0 Å². The predicted octanol–water partition coefficient (Wildman–Crippen LogP) is 1.60.